The molecule has 0 N–H and O–H groups in total. The molecule has 92 valence electrons. The number of anilines is 1. The first kappa shape index (κ1) is 11.8. The summed E-state index contributed by atoms with van der Waals surface area (Å²) >= 11 is 0. The summed E-state index contributed by atoms with van der Waals surface area (Å²) in [7, 11) is -3.29. The maximum atomic E-state index is 11.7. The number of carbonyl (C=O) groups excluding carboxylic acids is 1. The first-order valence-electron chi connectivity index (χ1n) is 5.17. The molecule has 1 aromatic rings. The number of hydrogen-bond donors (Lipinski definition) is 0. The van der Waals surface area contributed by atoms with E-state index in [-0.39, 0.29) is 18.2 Å². The van der Waals surface area contributed by atoms with E-state index in [0.29, 0.717) is 25.0 Å². The normalized spacial score (nSPS) is 18.0. The molecule has 2 heterocycles. The van der Waals surface area contributed by atoms with Crippen LogP contribution in [0.1, 0.15) is 6.42 Å². The fourth-order valence-electron chi connectivity index (χ4n) is 1.68. The number of pyridine rings is 1. The Hall–Kier alpha value is -1.63. The third kappa shape index (κ3) is 2.38. The van der Waals surface area contributed by atoms with Crippen molar-refractivity contribution in [3.63, 3.8) is 0 Å². The molecule has 0 atom stereocenters. The zero-order valence-electron chi connectivity index (χ0n) is 9.07. The van der Waals surface area contributed by atoms with Crippen molar-refractivity contribution >= 4 is 22.1 Å². The molecule has 0 amide bonds. The van der Waals surface area contributed by atoms with Crippen LogP contribution < -0.4 is 9.04 Å². The van der Waals surface area contributed by atoms with Crippen LogP contribution in [-0.2, 0) is 14.8 Å². The average Bonchev–Trinajstić information content (AvgIpc) is 2.66. The van der Waals surface area contributed by atoms with E-state index in [0.717, 1.165) is 0 Å². The lowest BCUT2D eigenvalue weighted by Crippen LogP contribution is -2.26. The third-order valence-corrected chi connectivity index (χ3v) is 4.22. The van der Waals surface area contributed by atoms with Gasteiger partial charge in [-0.05, 0) is 18.6 Å². The van der Waals surface area contributed by atoms with Crippen molar-refractivity contribution in [2.75, 3.05) is 23.2 Å². The maximum Gasteiger partial charge on any atom is 0.236 e. The van der Waals surface area contributed by atoms with Crippen LogP contribution in [0.4, 0.5) is 5.82 Å². The minimum absolute atomic E-state index is 0.118. The van der Waals surface area contributed by atoms with Gasteiger partial charge in [-0.1, -0.05) is 0 Å². The lowest BCUT2D eigenvalue weighted by molar-refractivity contribution is -0.109. The van der Waals surface area contributed by atoms with Crippen LogP contribution in [0.15, 0.2) is 18.3 Å². The lowest BCUT2D eigenvalue weighted by Gasteiger charge is -2.18. The van der Waals surface area contributed by atoms with Crippen LogP contribution in [0.3, 0.4) is 0 Å². The van der Waals surface area contributed by atoms with E-state index in [1.165, 1.54) is 10.5 Å². The summed E-state index contributed by atoms with van der Waals surface area (Å²) in [5.74, 6) is 0.688. The quantitative estimate of drug-likeness (QED) is 0.719. The highest BCUT2D eigenvalue weighted by atomic mass is 32.2. The Balaban J connectivity index is 2.34. The van der Waals surface area contributed by atoms with E-state index in [1.54, 1.807) is 12.1 Å². The van der Waals surface area contributed by atoms with E-state index < -0.39 is 10.0 Å². The maximum absolute atomic E-state index is 11.7. The monoisotopic (exact) mass is 256 g/mol. The highest BCUT2D eigenvalue weighted by molar-refractivity contribution is 7.93. The molecule has 0 saturated carbocycles. The van der Waals surface area contributed by atoms with Gasteiger partial charge in [-0.3, -0.25) is 9.10 Å². The van der Waals surface area contributed by atoms with E-state index >= 15 is 0 Å². The minimum Gasteiger partial charge on any atom is -0.482 e. The smallest absolute Gasteiger partial charge is 0.236 e. The van der Waals surface area contributed by atoms with Gasteiger partial charge < -0.3 is 4.74 Å². The van der Waals surface area contributed by atoms with Crippen molar-refractivity contribution in [2.45, 2.75) is 6.42 Å². The molecule has 17 heavy (non-hydrogen) atoms. The van der Waals surface area contributed by atoms with Gasteiger partial charge in [0.15, 0.2) is 17.9 Å². The van der Waals surface area contributed by atoms with Gasteiger partial charge in [0.25, 0.3) is 0 Å². The lowest BCUT2D eigenvalue weighted by atomic mass is 10.4. The molecule has 1 fully saturated rings. The molecule has 0 radical (unpaired) electrons. The van der Waals surface area contributed by atoms with Gasteiger partial charge in [-0.25, -0.2) is 13.4 Å². The van der Waals surface area contributed by atoms with Crippen molar-refractivity contribution in [1.82, 2.24) is 4.98 Å². The molecule has 6 nitrogen and oxygen atoms in total. The Kier molecular flexibility index (Phi) is 3.28. The number of hydrogen-bond acceptors (Lipinski definition) is 5. The van der Waals surface area contributed by atoms with Gasteiger partial charge in [-0.2, -0.15) is 0 Å². The van der Waals surface area contributed by atoms with Gasteiger partial charge in [0.05, 0.1) is 5.75 Å². The first-order valence-corrected chi connectivity index (χ1v) is 6.78. The van der Waals surface area contributed by atoms with Gasteiger partial charge in [0, 0.05) is 12.7 Å². The van der Waals surface area contributed by atoms with Crippen molar-refractivity contribution in [3.05, 3.63) is 18.3 Å². The molecule has 1 aliphatic rings. The predicted octanol–water partition coefficient (Wildman–Crippen LogP) is 0.199. The average molecular weight is 256 g/mol. The molecular formula is C10H12N2O4S. The molecule has 1 aliphatic heterocycles. The molecule has 1 saturated heterocycles. The summed E-state index contributed by atoms with van der Waals surface area (Å²) in [5, 5.41) is 0. The third-order valence-electron chi connectivity index (χ3n) is 2.39. The Bertz CT molecular complexity index is 515. The molecule has 0 bridgehead atoms. The zero-order chi connectivity index (χ0) is 12.3. The van der Waals surface area contributed by atoms with Gasteiger partial charge in [-0.15, -0.1) is 0 Å². The van der Waals surface area contributed by atoms with E-state index in [9.17, 15) is 13.2 Å². The molecular weight excluding hydrogens is 244 g/mol. The second-order valence-electron chi connectivity index (χ2n) is 3.54. The summed E-state index contributed by atoms with van der Waals surface area (Å²) in [6.45, 7) is 0.281. The fraction of sp³-hybridized carbons (Fsp3) is 0.400. The van der Waals surface area contributed by atoms with Crippen LogP contribution in [0.2, 0.25) is 0 Å². The number of carbonyl (C=O) groups is 1. The molecule has 1 aromatic heterocycles. The summed E-state index contributed by atoms with van der Waals surface area (Å²) < 4.78 is 29.9. The summed E-state index contributed by atoms with van der Waals surface area (Å²) in [6.07, 6.45) is 2.68. The van der Waals surface area contributed by atoms with Crippen molar-refractivity contribution in [1.29, 1.82) is 0 Å². The standard InChI is InChI=1S/C10H12N2O4S/c13-6-7-16-9-3-1-4-11-10(9)12-5-2-8-17(12,14)15/h1,3-4,6H,2,5,7-8H2. The second kappa shape index (κ2) is 4.70. The SMILES string of the molecule is O=CCOc1cccnc1N1CCCS1(=O)=O. The summed E-state index contributed by atoms with van der Waals surface area (Å²) in [4.78, 5) is 14.3. The van der Waals surface area contributed by atoms with Crippen molar-refractivity contribution in [2.24, 2.45) is 0 Å². The van der Waals surface area contributed by atoms with Crippen LogP contribution in [0, 0.1) is 0 Å². The number of ether oxygens (including phenoxy) is 1. The van der Waals surface area contributed by atoms with Crippen LogP contribution in [0.5, 0.6) is 5.75 Å². The predicted molar refractivity (Wildman–Crippen MR) is 61.5 cm³/mol. The molecule has 0 unspecified atom stereocenters. The number of sulfonamides is 1. The topological polar surface area (TPSA) is 76.6 Å². The van der Waals surface area contributed by atoms with Gasteiger partial charge in [0.1, 0.15) is 6.61 Å². The largest absolute Gasteiger partial charge is 0.482 e. The summed E-state index contributed by atoms with van der Waals surface area (Å²) in [6, 6.07) is 3.23. The van der Waals surface area contributed by atoms with Crippen molar-refractivity contribution in [3.8, 4) is 5.75 Å². The van der Waals surface area contributed by atoms with Crippen molar-refractivity contribution < 1.29 is 17.9 Å². The molecule has 0 aromatic carbocycles. The Morgan fingerprint density at radius 2 is 2.35 bits per heavy atom. The first-order chi connectivity index (χ1) is 8.15. The minimum atomic E-state index is -3.29. The molecule has 2 rings (SSSR count). The number of aldehydes is 1. The summed E-state index contributed by atoms with van der Waals surface area (Å²) in [5.41, 5.74) is 0. The van der Waals surface area contributed by atoms with Crippen LogP contribution in [0.25, 0.3) is 0 Å². The highest BCUT2D eigenvalue weighted by Gasteiger charge is 2.31. The second-order valence-corrected chi connectivity index (χ2v) is 5.56. The Labute approximate surface area is 99.3 Å². The number of rotatable bonds is 4. The Morgan fingerprint density at radius 3 is 3.00 bits per heavy atom. The molecule has 7 heteroatoms. The Morgan fingerprint density at radius 1 is 1.53 bits per heavy atom. The van der Waals surface area contributed by atoms with E-state index in [4.69, 9.17) is 4.74 Å². The number of aromatic nitrogens is 1. The number of nitrogens with zero attached hydrogens (tertiary/aromatic N) is 2. The fourth-order valence-corrected chi connectivity index (χ4v) is 3.21. The van der Waals surface area contributed by atoms with E-state index in [2.05, 4.69) is 4.98 Å². The van der Waals surface area contributed by atoms with Crippen LogP contribution >= 0.6 is 0 Å². The zero-order valence-corrected chi connectivity index (χ0v) is 9.89. The highest BCUT2D eigenvalue weighted by Crippen LogP contribution is 2.30. The van der Waals surface area contributed by atoms with Gasteiger partial charge >= 0.3 is 0 Å². The molecule has 0 spiro atoms. The van der Waals surface area contributed by atoms with Crippen LogP contribution in [-0.4, -0.2) is 38.6 Å². The molecule has 0 aliphatic carbocycles. The van der Waals surface area contributed by atoms with Gasteiger partial charge in [0.2, 0.25) is 10.0 Å². The van der Waals surface area contributed by atoms with E-state index in [1.807, 2.05) is 0 Å².